The number of esters is 1. The normalized spacial score (nSPS) is 13.4. The van der Waals surface area contributed by atoms with E-state index in [9.17, 15) is 22.8 Å². The molecule has 4 aromatic rings. The first-order valence-electron chi connectivity index (χ1n) is 15.3. The number of fused-ring (bicyclic) bond motifs is 1. The van der Waals surface area contributed by atoms with Crippen molar-refractivity contribution in [2.75, 3.05) is 30.5 Å². The molecule has 5 rings (SSSR count). The van der Waals surface area contributed by atoms with Crippen LogP contribution in [0.2, 0.25) is 5.02 Å². The van der Waals surface area contributed by atoms with Crippen LogP contribution in [0.5, 0.6) is 17.2 Å². The number of aromatic nitrogens is 3. The summed E-state index contributed by atoms with van der Waals surface area (Å²) >= 11 is 6.37. The average molecular weight is 702 g/mol. The smallest absolute Gasteiger partial charge is 0.497 e. The van der Waals surface area contributed by atoms with E-state index in [0.717, 1.165) is 0 Å². The number of hydrogen-bond acceptors (Lipinski definition) is 9. The maximum absolute atomic E-state index is 14.6. The summed E-state index contributed by atoms with van der Waals surface area (Å²) in [5.41, 5.74) is 1.79. The summed E-state index contributed by atoms with van der Waals surface area (Å²) < 4.78 is 61.9. The summed E-state index contributed by atoms with van der Waals surface area (Å²) in [5.74, 6) is -0.567. The molecule has 11 nitrogen and oxygen atoms in total. The number of methoxy groups -OCH3 is 1. The largest absolute Gasteiger partial charge is 0.573 e. The van der Waals surface area contributed by atoms with Gasteiger partial charge in [0.05, 0.1) is 25.1 Å². The van der Waals surface area contributed by atoms with Gasteiger partial charge in [0.15, 0.2) is 0 Å². The van der Waals surface area contributed by atoms with Gasteiger partial charge >= 0.3 is 12.3 Å². The maximum Gasteiger partial charge on any atom is 0.573 e. The van der Waals surface area contributed by atoms with Crippen molar-refractivity contribution in [3.8, 4) is 22.9 Å². The van der Waals surface area contributed by atoms with E-state index < -0.39 is 29.7 Å². The van der Waals surface area contributed by atoms with Gasteiger partial charge in [-0.05, 0) is 63.4 Å². The predicted octanol–water partition coefficient (Wildman–Crippen LogP) is 7.07. The highest BCUT2D eigenvalue weighted by Crippen LogP contribution is 2.39. The number of anilines is 2. The third-order valence-electron chi connectivity index (χ3n) is 7.31. The first-order valence-corrected chi connectivity index (χ1v) is 15.7. The van der Waals surface area contributed by atoms with Crippen LogP contribution in [0.25, 0.3) is 5.69 Å². The lowest BCUT2D eigenvalue weighted by atomic mass is 10.0. The molecule has 0 saturated carbocycles. The lowest BCUT2D eigenvalue weighted by Crippen LogP contribution is -2.37. The number of rotatable bonds is 12. The van der Waals surface area contributed by atoms with Crippen LogP contribution in [-0.4, -0.2) is 58.9 Å². The molecule has 1 N–H and O–H groups in total. The Labute approximate surface area is 285 Å². The number of benzene rings is 3. The van der Waals surface area contributed by atoms with E-state index in [4.69, 9.17) is 25.8 Å². The monoisotopic (exact) mass is 701 g/mol. The number of nitrogens with one attached hydrogen (secondary N) is 1. The Morgan fingerprint density at radius 1 is 1.04 bits per heavy atom. The van der Waals surface area contributed by atoms with Crippen molar-refractivity contribution < 1.29 is 41.7 Å². The summed E-state index contributed by atoms with van der Waals surface area (Å²) in [6.07, 6.45) is -1.17. The van der Waals surface area contributed by atoms with E-state index in [2.05, 4.69) is 20.1 Å². The molecule has 0 radical (unpaired) electrons. The molecule has 49 heavy (non-hydrogen) atoms. The second-order valence-electron chi connectivity index (χ2n) is 12.1. The standard InChI is InChI=1S/C34H35ClF3N5O6/c1-33(2,3)49-30(44)6-5-13-47-29-14-22(35)8-10-27(29)31(41-23-15-24(17-26(16-23)46-4)43-20-39-19-40-43)32(45)42-12-11-21-7-9-25(18-28(21)42)48-34(36,37)38/h7-10,14-20,31,41H,5-6,11-13H2,1-4H3. The van der Waals surface area contributed by atoms with Crippen molar-refractivity contribution >= 4 is 34.9 Å². The van der Waals surface area contributed by atoms with Gasteiger partial charge in [0.2, 0.25) is 0 Å². The summed E-state index contributed by atoms with van der Waals surface area (Å²) in [5, 5.41) is 7.81. The highest BCUT2D eigenvalue weighted by Gasteiger charge is 2.35. The number of nitrogens with zero attached hydrogens (tertiary/aromatic N) is 4. The minimum atomic E-state index is -4.90. The topological polar surface area (TPSA) is 117 Å². The fourth-order valence-corrected chi connectivity index (χ4v) is 5.46. The molecule has 0 bridgehead atoms. The van der Waals surface area contributed by atoms with Gasteiger partial charge in [-0.1, -0.05) is 23.7 Å². The number of carbonyl (C=O) groups excluding carboxylic acids is 2. The zero-order valence-corrected chi connectivity index (χ0v) is 28.0. The number of halogens is 4. The van der Waals surface area contributed by atoms with Crippen LogP contribution in [0.4, 0.5) is 24.5 Å². The van der Waals surface area contributed by atoms with Gasteiger partial charge < -0.3 is 29.2 Å². The van der Waals surface area contributed by atoms with Crippen LogP contribution in [0.1, 0.15) is 50.8 Å². The summed E-state index contributed by atoms with van der Waals surface area (Å²) in [4.78, 5) is 32.2. The molecule has 1 unspecified atom stereocenters. The Kier molecular flexibility index (Phi) is 10.6. The molecular formula is C34H35ClF3N5O6. The molecule has 1 aliphatic rings. The van der Waals surface area contributed by atoms with Gasteiger partial charge in [0, 0.05) is 47.4 Å². The fraction of sp³-hybridized carbons (Fsp3) is 0.353. The van der Waals surface area contributed by atoms with Gasteiger partial charge in [-0.25, -0.2) is 9.67 Å². The molecule has 3 aromatic carbocycles. The molecule has 1 aromatic heterocycles. The molecule has 0 aliphatic carbocycles. The van der Waals surface area contributed by atoms with Gasteiger partial charge in [-0.2, -0.15) is 5.10 Å². The van der Waals surface area contributed by atoms with E-state index in [1.165, 1.54) is 47.5 Å². The van der Waals surface area contributed by atoms with Crippen LogP contribution >= 0.6 is 11.6 Å². The molecule has 15 heteroatoms. The fourth-order valence-electron chi connectivity index (χ4n) is 5.30. The molecule has 0 spiro atoms. The lowest BCUT2D eigenvalue weighted by molar-refractivity contribution is -0.274. The highest BCUT2D eigenvalue weighted by atomic mass is 35.5. The molecular weight excluding hydrogens is 667 g/mol. The SMILES string of the molecule is COc1cc(NC(C(=O)N2CCc3ccc(OC(F)(F)F)cc32)c2ccc(Cl)cc2OCCCC(=O)OC(C)(C)C)cc(-n2cncn2)c1. The van der Waals surface area contributed by atoms with E-state index >= 15 is 0 Å². The van der Waals surface area contributed by atoms with Gasteiger partial charge in [0.1, 0.15) is 41.5 Å². The summed E-state index contributed by atoms with van der Waals surface area (Å²) in [7, 11) is 1.50. The molecule has 1 atom stereocenters. The van der Waals surface area contributed by atoms with Crippen molar-refractivity contribution in [2.24, 2.45) is 0 Å². The van der Waals surface area contributed by atoms with Crippen LogP contribution in [0, 0.1) is 0 Å². The second kappa shape index (κ2) is 14.6. The van der Waals surface area contributed by atoms with E-state index in [-0.39, 0.29) is 31.3 Å². The number of alkyl halides is 3. The molecule has 1 amide bonds. The van der Waals surface area contributed by atoms with Gasteiger partial charge in [0.25, 0.3) is 5.91 Å². The third kappa shape index (κ3) is 9.34. The summed E-state index contributed by atoms with van der Waals surface area (Å²) in [6.45, 7) is 5.66. The minimum Gasteiger partial charge on any atom is -0.497 e. The Morgan fingerprint density at radius 3 is 2.53 bits per heavy atom. The van der Waals surface area contributed by atoms with Crippen molar-refractivity contribution in [3.63, 3.8) is 0 Å². The quantitative estimate of drug-likeness (QED) is 0.122. The maximum atomic E-state index is 14.6. The third-order valence-corrected chi connectivity index (χ3v) is 7.54. The predicted molar refractivity (Wildman–Crippen MR) is 175 cm³/mol. The Balaban J connectivity index is 1.50. The molecule has 0 fully saturated rings. The zero-order valence-electron chi connectivity index (χ0n) is 27.2. The van der Waals surface area contributed by atoms with Crippen molar-refractivity contribution in [1.82, 2.24) is 14.8 Å². The number of amides is 1. The molecule has 260 valence electrons. The Hall–Kier alpha value is -4.98. The van der Waals surface area contributed by atoms with Crippen LogP contribution < -0.4 is 24.4 Å². The van der Waals surface area contributed by atoms with Gasteiger partial charge in [-0.3, -0.25) is 9.59 Å². The van der Waals surface area contributed by atoms with Crippen LogP contribution in [0.15, 0.2) is 67.3 Å². The zero-order chi connectivity index (χ0) is 35.3. The van der Waals surface area contributed by atoms with Crippen molar-refractivity contribution in [1.29, 1.82) is 0 Å². The summed E-state index contributed by atoms with van der Waals surface area (Å²) in [6, 6.07) is 12.8. The second-order valence-corrected chi connectivity index (χ2v) is 12.6. The van der Waals surface area contributed by atoms with E-state index in [1.54, 1.807) is 57.2 Å². The van der Waals surface area contributed by atoms with Crippen LogP contribution in [-0.2, 0) is 20.7 Å². The van der Waals surface area contributed by atoms with Crippen molar-refractivity contribution in [3.05, 3.63) is 83.4 Å². The van der Waals surface area contributed by atoms with E-state index in [0.29, 0.717) is 51.8 Å². The molecule has 1 aliphatic heterocycles. The first-order chi connectivity index (χ1) is 23.2. The number of hydrogen-bond donors (Lipinski definition) is 1. The Bertz CT molecular complexity index is 1800. The van der Waals surface area contributed by atoms with Crippen LogP contribution in [0.3, 0.4) is 0 Å². The molecule has 0 saturated heterocycles. The molecule has 2 heterocycles. The van der Waals surface area contributed by atoms with Gasteiger partial charge in [-0.15, -0.1) is 13.2 Å². The highest BCUT2D eigenvalue weighted by molar-refractivity contribution is 6.30. The van der Waals surface area contributed by atoms with E-state index in [1.807, 2.05) is 0 Å². The Morgan fingerprint density at radius 2 is 1.84 bits per heavy atom. The first kappa shape index (κ1) is 35.3. The minimum absolute atomic E-state index is 0.105. The number of carbonyl (C=O) groups is 2. The lowest BCUT2D eigenvalue weighted by Gasteiger charge is -2.28. The number of ether oxygens (including phenoxy) is 4. The average Bonchev–Trinajstić information content (AvgIpc) is 3.71. The van der Waals surface area contributed by atoms with Crippen molar-refractivity contribution in [2.45, 2.75) is 58.0 Å².